The van der Waals surface area contributed by atoms with E-state index in [0.717, 1.165) is 11.8 Å². The van der Waals surface area contributed by atoms with E-state index < -0.39 is 16.0 Å². The zero-order chi connectivity index (χ0) is 25.0. The first-order valence-corrected chi connectivity index (χ1v) is 13.2. The maximum absolute atomic E-state index is 13.2. The quantitative estimate of drug-likeness (QED) is 0.665. The number of nitrogens with zero attached hydrogens (tertiary/aromatic N) is 4. The minimum absolute atomic E-state index is 0.129. The predicted molar refractivity (Wildman–Crippen MR) is 133 cm³/mol. The SMILES string of the molecule is CCC1CC(=O)N(C(NC(=O)N2C=CN=CC2)c2ccccc2)N=C1c1ccc(S(C)(=O)=O)cc1. The molecule has 2 atom stereocenters. The summed E-state index contributed by atoms with van der Waals surface area (Å²) in [5.74, 6) is -0.338. The van der Waals surface area contributed by atoms with E-state index in [2.05, 4.69) is 10.3 Å². The fourth-order valence-corrected chi connectivity index (χ4v) is 4.64. The van der Waals surface area contributed by atoms with Gasteiger partial charge in [-0.15, -0.1) is 0 Å². The maximum atomic E-state index is 13.2. The number of sulfone groups is 1. The molecule has 2 unspecified atom stereocenters. The second-order valence-corrected chi connectivity index (χ2v) is 10.4. The zero-order valence-electron chi connectivity index (χ0n) is 19.5. The molecule has 4 rings (SSSR count). The van der Waals surface area contributed by atoms with Gasteiger partial charge in [-0.1, -0.05) is 49.4 Å². The molecule has 35 heavy (non-hydrogen) atoms. The summed E-state index contributed by atoms with van der Waals surface area (Å²) in [6.07, 6.45) is 5.95. The van der Waals surface area contributed by atoms with Crippen molar-refractivity contribution >= 4 is 33.7 Å². The molecule has 0 radical (unpaired) electrons. The minimum atomic E-state index is -3.33. The van der Waals surface area contributed by atoms with E-state index in [9.17, 15) is 18.0 Å². The molecule has 0 saturated carbocycles. The highest BCUT2D eigenvalue weighted by Gasteiger charge is 2.35. The van der Waals surface area contributed by atoms with Crippen molar-refractivity contribution in [2.75, 3.05) is 12.8 Å². The molecule has 2 aliphatic heterocycles. The molecule has 2 aliphatic rings. The highest BCUT2D eigenvalue weighted by atomic mass is 32.2. The van der Waals surface area contributed by atoms with Gasteiger partial charge >= 0.3 is 6.03 Å². The average Bonchev–Trinajstić information content (AvgIpc) is 2.88. The van der Waals surface area contributed by atoms with Crippen LogP contribution in [0.1, 0.15) is 37.1 Å². The van der Waals surface area contributed by atoms with Gasteiger partial charge in [0.15, 0.2) is 16.0 Å². The highest BCUT2D eigenvalue weighted by molar-refractivity contribution is 7.90. The van der Waals surface area contributed by atoms with Crippen LogP contribution in [0.5, 0.6) is 0 Å². The number of urea groups is 1. The van der Waals surface area contributed by atoms with Crippen LogP contribution in [0.3, 0.4) is 0 Å². The van der Waals surface area contributed by atoms with E-state index >= 15 is 0 Å². The number of rotatable bonds is 6. The Hall–Kier alpha value is -3.79. The van der Waals surface area contributed by atoms with Crippen LogP contribution in [0, 0.1) is 5.92 Å². The predicted octanol–water partition coefficient (Wildman–Crippen LogP) is 3.32. The number of benzene rings is 2. The van der Waals surface area contributed by atoms with Crippen LogP contribution in [-0.2, 0) is 14.6 Å². The lowest BCUT2D eigenvalue weighted by Crippen LogP contribution is -2.49. The van der Waals surface area contributed by atoms with Crippen LogP contribution >= 0.6 is 0 Å². The van der Waals surface area contributed by atoms with Crippen LogP contribution in [-0.4, -0.2) is 55.0 Å². The molecular weight excluding hydrogens is 466 g/mol. The zero-order valence-corrected chi connectivity index (χ0v) is 20.4. The van der Waals surface area contributed by atoms with E-state index in [4.69, 9.17) is 5.10 Å². The Morgan fingerprint density at radius 3 is 2.46 bits per heavy atom. The molecule has 2 heterocycles. The second kappa shape index (κ2) is 10.2. The first-order chi connectivity index (χ1) is 16.8. The first-order valence-electron chi connectivity index (χ1n) is 11.3. The molecule has 0 bridgehead atoms. The molecule has 0 saturated heterocycles. The summed E-state index contributed by atoms with van der Waals surface area (Å²) in [6.45, 7) is 2.30. The van der Waals surface area contributed by atoms with E-state index in [0.29, 0.717) is 24.2 Å². The normalized spacial score (nSPS) is 18.9. The summed E-state index contributed by atoms with van der Waals surface area (Å²) in [7, 11) is -3.33. The molecule has 0 aromatic heterocycles. The molecule has 3 amide bonds. The third kappa shape index (κ3) is 5.48. The molecule has 9 nitrogen and oxygen atoms in total. The second-order valence-electron chi connectivity index (χ2n) is 8.37. The van der Waals surface area contributed by atoms with Crippen molar-refractivity contribution in [3.63, 3.8) is 0 Å². The van der Waals surface area contributed by atoms with Gasteiger partial charge in [0.05, 0.1) is 17.2 Å². The molecule has 1 N–H and O–H groups in total. The lowest BCUT2D eigenvalue weighted by atomic mass is 9.89. The van der Waals surface area contributed by atoms with Gasteiger partial charge in [0.2, 0.25) is 5.91 Å². The third-order valence-corrected chi connectivity index (χ3v) is 7.08. The Labute approximate surface area is 204 Å². The molecule has 0 spiro atoms. The monoisotopic (exact) mass is 493 g/mol. The summed E-state index contributed by atoms with van der Waals surface area (Å²) < 4.78 is 23.8. The van der Waals surface area contributed by atoms with Crippen molar-refractivity contribution in [3.05, 3.63) is 78.1 Å². The molecule has 10 heteroatoms. The fourth-order valence-electron chi connectivity index (χ4n) is 4.01. The number of amides is 3. The fraction of sp³-hybridized carbons (Fsp3) is 0.280. The average molecular weight is 494 g/mol. The topological polar surface area (TPSA) is 112 Å². The standard InChI is InChI=1S/C25H27N5O4S/c1-3-18-17-22(31)30(28-23(18)19-9-11-21(12-10-19)35(2,33)34)24(20-7-5-4-6-8-20)27-25(32)29-15-13-26-14-16-29/h4-15,18,24H,3,16-17H2,1-2H3,(H,27,32). The largest absolute Gasteiger partial charge is 0.323 e. The van der Waals surface area contributed by atoms with Gasteiger partial charge in [0, 0.05) is 37.2 Å². The Morgan fingerprint density at radius 2 is 1.86 bits per heavy atom. The lowest BCUT2D eigenvalue weighted by molar-refractivity contribution is -0.135. The molecule has 182 valence electrons. The smallest absolute Gasteiger partial charge is 0.312 e. The van der Waals surface area contributed by atoms with Crippen LogP contribution in [0.2, 0.25) is 0 Å². The van der Waals surface area contributed by atoms with Gasteiger partial charge < -0.3 is 5.32 Å². The maximum Gasteiger partial charge on any atom is 0.323 e. The number of nitrogens with one attached hydrogen (secondary N) is 1. The Kier molecular flexibility index (Phi) is 7.11. The minimum Gasteiger partial charge on any atom is -0.312 e. The van der Waals surface area contributed by atoms with Crippen molar-refractivity contribution in [2.24, 2.45) is 16.0 Å². The number of hydrogen-bond acceptors (Lipinski definition) is 6. The summed E-state index contributed by atoms with van der Waals surface area (Å²) in [5, 5.41) is 8.98. The number of aliphatic imine (C=N–C) groups is 1. The lowest BCUT2D eigenvalue weighted by Gasteiger charge is -2.35. The summed E-state index contributed by atoms with van der Waals surface area (Å²) in [6, 6.07) is 15.3. The van der Waals surface area contributed by atoms with Crippen LogP contribution in [0.25, 0.3) is 0 Å². The van der Waals surface area contributed by atoms with E-state index in [1.807, 2.05) is 37.3 Å². The Bertz CT molecular complexity index is 1290. The number of carbonyl (C=O) groups excluding carboxylic acids is 2. The van der Waals surface area contributed by atoms with E-state index in [-0.39, 0.29) is 29.2 Å². The highest BCUT2D eigenvalue weighted by Crippen LogP contribution is 2.29. The van der Waals surface area contributed by atoms with Gasteiger partial charge in [0.1, 0.15) is 0 Å². The van der Waals surface area contributed by atoms with Crippen molar-refractivity contribution < 1.29 is 18.0 Å². The van der Waals surface area contributed by atoms with Gasteiger partial charge in [-0.2, -0.15) is 5.10 Å². The van der Waals surface area contributed by atoms with Crippen LogP contribution in [0.15, 0.2) is 82.0 Å². The van der Waals surface area contributed by atoms with E-state index in [1.165, 1.54) is 16.1 Å². The van der Waals surface area contributed by atoms with Crippen molar-refractivity contribution in [1.82, 2.24) is 15.2 Å². The van der Waals surface area contributed by atoms with Crippen LogP contribution in [0.4, 0.5) is 4.79 Å². The summed E-state index contributed by atoms with van der Waals surface area (Å²) in [5.41, 5.74) is 2.11. The van der Waals surface area contributed by atoms with Gasteiger partial charge in [-0.25, -0.2) is 18.2 Å². The Morgan fingerprint density at radius 1 is 1.14 bits per heavy atom. The van der Waals surface area contributed by atoms with Crippen molar-refractivity contribution in [2.45, 2.75) is 30.8 Å². The first kappa shape index (κ1) is 24.3. The molecule has 2 aromatic carbocycles. The Balaban J connectivity index is 1.72. The summed E-state index contributed by atoms with van der Waals surface area (Å²) >= 11 is 0. The number of carbonyl (C=O) groups is 2. The van der Waals surface area contributed by atoms with E-state index in [1.54, 1.807) is 36.7 Å². The molecule has 2 aromatic rings. The molecule has 0 aliphatic carbocycles. The van der Waals surface area contributed by atoms with Crippen LogP contribution < -0.4 is 5.32 Å². The van der Waals surface area contributed by atoms with Crippen molar-refractivity contribution in [3.8, 4) is 0 Å². The molecular formula is C25H27N5O4S. The van der Waals surface area contributed by atoms with Gasteiger partial charge in [0.25, 0.3) is 0 Å². The number of hydrogen-bond donors (Lipinski definition) is 1. The third-order valence-electron chi connectivity index (χ3n) is 5.95. The van der Waals surface area contributed by atoms with Crippen molar-refractivity contribution in [1.29, 1.82) is 0 Å². The molecule has 0 fully saturated rings. The summed E-state index contributed by atoms with van der Waals surface area (Å²) in [4.78, 5) is 31.9. The van der Waals surface area contributed by atoms with Gasteiger partial charge in [-0.05, 0) is 29.7 Å². The van der Waals surface area contributed by atoms with Gasteiger partial charge in [-0.3, -0.25) is 14.7 Å². The number of hydrazone groups is 1.